The minimum absolute atomic E-state index is 0.260. The van der Waals surface area contributed by atoms with Crippen molar-refractivity contribution in [2.45, 2.75) is 12.8 Å². The van der Waals surface area contributed by atoms with Crippen LogP contribution in [0.3, 0.4) is 0 Å². The molecule has 0 saturated carbocycles. The Kier molecular flexibility index (Phi) is 7.61. The first-order valence-electron chi connectivity index (χ1n) is 15.3. The molecule has 224 valence electrons. The molecule has 0 amide bonds. The summed E-state index contributed by atoms with van der Waals surface area (Å²) < 4.78 is 0. The lowest BCUT2D eigenvalue weighted by atomic mass is 9.94. The van der Waals surface area contributed by atoms with Gasteiger partial charge in [0.2, 0.25) is 0 Å². The van der Waals surface area contributed by atoms with E-state index < -0.39 is 0 Å². The predicted octanol–water partition coefficient (Wildman–Crippen LogP) is 9.99. The van der Waals surface area contributed by atoms with Crippen LogP contribution in [0.1, 0.15) is 22.3 Å². The number of aromatic hydroxyl groups is 4. The third kappa shape index (κ3) is 5.42. The van der Waals surface area contributed by atoms with Crippen LogP contribution >= 0.6 is 0 Å². The van der Waals surface area contributed by atoms with Gasteiger partial charge in [0.25, 0.3) is 0 Å². The monoisotopic (exact) mass is 600 g/mol. The van der Waals surface area contributed by atoms with Gasteiger partial charge in [0, 0.05) is 28.3 Å². The van der Waals surface area contributed by atoms with Gasteiger partial charge in [-0.05, 0) is 74.1 Å². The molecule has 46 heavy (non-hydrogen) atoms. The lowest BCUT2D eigenvalue weighted by Crippen LogP contribution is -1.93. The first-order chi connectivity index (χ1) is 22.5. The van der Waals surface area contributed by atoms with Gasteiger partial charge in [-0.3, -0.25) is 0 Å². The first-order valence-corrected chi connectivity index (χ1v) is 15.3. The molecule has 0 aliphatic heterocycles. The molecule has 0 unspecified atom stereocenters. The fourth-order valence-corrected chi connectivity index (χ4v) is 6.40. The second kappa shape index (κ2) is 12.2. The molecular formula is C42H32O4. The van der Waals surface area contributed by atoms with E-state index in [0.717, 1.165) is 71.8 Å². The molecule has 0 radical (unpaired) electrons. The minimum Gasteiger partial charge on any atom is -0.508 e. The van der Waals surface area contributed by atoms with E-state index in [1.165, 1.54) is 0 Å². The van der Waals surface area contributed by atoms with E-state index in [4.69, 9.17) is 0 Å². The zero-order valence-electron chi connectivity index (χ0n) is 25.1. The zero-order valence-corrected chi connectivity index (χ0v) is 25.1. The van der Waals surface area contributed by atoms with Crippen LogP contribution in [0.25, 0.3) is 43.1 Å². The van der Waals surface area contributed by atoms with Gasteiger partial charge in [0.15, 0.2) is 0 Å². The molecule has 0 saturated heterocycles. The molecule has 4 heteroatoms. The summed E-state index contributed by atoms with van der Waals surface area (Å²) in [6.07, 6.45) is 1.24. The summed E-state index contributed by atoms with van der Waals surface area (Å²) in [7, 11) is 0. The largest absolute Gasteiger partial charge is 0.508 e. The minimum atomic E-state index is 0.260. The maximum Gasteiger partial charge on any atom is 0.123 e. The summed E-state index contributed by atoms with van der Waals surface area (Å²) >= 11 is 0. The van der Waals surface area contributed by atoms with Gasteiger partial charge in [-0.15, -0.1) is 0 Å². The van der Waals surface area contributed by atoms with Gasteiger partial charge in [0.1, 0.15) is 23.0 Å². The number of rotatable bonds is 4. The number of hydrogen-bond acceptors (Lipinski definition) is 4. The molecule has 0 fully saturated rings. The van der Waals surface area contributed by atoms with Gasteiger partial charge < -0.3 is 20.4 Å². The maximum absolute atomic E-state index is 10.4. The van der Waals surface area contributed by atoms with Crippen LogP contribution in [0.2, 0.25) is 0 Å². The van der Waals surface area contributed by atoms with Crippen molar-refractivity contribution >= 4 is 43.1 Å². The number of fused-ring (bicyclic) bond motifs is 4. The van der Waals surface area contributed by atoms with Crippen molar-refractivity contribution in [2.24, 2.45) is 0 Å². The molecule has 0 heterocycles. The van der Waals surface area contributed by atoms with Crippen molar-refractivity contribution in [1.29, 1.82) is 0 Å². The summed E-state index contributed by atoms with van der Waals surface area (Å²) in [6, 6.07) is 46.5. The molecule has 0 aromatic heterocycles. The highest BCUT2D eigenvalue weighted by atomic mass is 16.3. The predicted molar refractivity (Wildman–Crippen MR) is 188 cm³/mol. The van der Waals surface area contributed by atoms with Crippen LogP contribution in [0, 0.1) is 0 Å². The van der Waals surface area contributed by atoms with E-state index in [2.05, 4.69) is 0 Å². The Balaban J connectivity index is 0.000000147. The molecule has 8 rings (SSSR count). The molecule has 8 aromatic rings. The van der Waals surface area contributed by atoms with Gasteiger partial charge in [-0.1, -0.05) is 121 Å². The molecule has 0 bridgehead atoms. The van der Waals surface area contributed by atoms with Crippen molar-refractivity contribution in [1.82, 2.24) is 0 Å². The summed E-state index contributed by atoms with van der Waals surface area (Å²) in [4.78, 5) is 0. The maximum atomic E-state index is 10.4. The first kappa shape index (κ1) is 28.8. The highest BCUT2D eigenvalue weighted by Gasteiger charge is 2.13. The molecule has 0 aliphatic rings. The van der Waals surface area contributed by atoms with Crippen molar-refractivity contribution in [2.75, 3.05) is 0 Å². The highest BCUT2D eigenvalue weighted by molar-refractivity contribution is 5.94. The summed E-state index contributed by atoms with van der Waals surface area (Å²) in [5.74, 6) is 1.13. The number of phenolic OH excluding ortho intramolecular Hbond substituents is 4. The quantitative estimate of drug-likeness (QED) is 0.162. The van der Waals surface area contributed by atoms with Crippen LogP contribution in [0.15, 0.2) is 146 Å². The standard InChI is InChI=1S/2C21H16O2/c22-20-11-9-14(16-5-1-3-7-18(16)20)13-15-10-12-21(23)19-8-4-2-6-17(15)19;22-20-11-9-14-5-1-3-7-16(14)18(20)13-19-17-8-4-2-6-15(17)10-12-21(19)23/h2*1-12,22-23H,13H2. The third-order valence-electron chi connectivity index (χ3n) is 8.75. The Morgan fingerprint density at radius 3 is 1.07 bits per heavy atom. The number of phenols is 4. The van der Waals surface area contributed by atoms with Gasteiger partial charge in [-0.25, -0.2) is 0 Å². The van der Waals surface area contributed by atoms with Crippen LogP contribution in [0.5, 0.6) is 23.0 Å². The Bertz CT molecular complexity index is 2210. The molecule has 0 spiro atoms. The normalized spacial score (nSPS) is 11.1. The molecular weight excluding hydrogens is 568 g/mol. The molecule has 8 aromatic carbocycles. The van der Waals surface area contributed by atoms with E-state index in [9.17, 15) is 20.4 Å². The highest BCUT2D eigenvalue weighted by Crippen LogP contribution is 2.35. The van der Waals surface area contributed by atoms with E-state index >= 15 is 0 Å². The summed E-state index contributed by atoms with van der Waals surface area (Å²) in [5.41, 5.74) is 4.01. The van der Waals surface area contributed by atoms with Crippen molar-refractivity contribution < 1.29 is 20.4 Å². The third-order valence-corrected chi connectivity index (χ3v) is 8.75. The molecule has 0 atom stereocenters. The average Bonchev–Trinajstić information content (AvgIpc) is 3.10. The van der Waals surface area contributed by atoms with E-state index in [0.29, 0.717) is 17.9 Å². The lowest BCUT2D eigenvalue weighted by Gasteiger charge is -2.13. The van der Waals surface area contributed by atoms with Gasteiger partial charge in [-0.2, -0.15) is 0 Å². The Morgan fingerprint density at radius 1 is 0.283 bits per heavy atom. The van der Waals surface area contributed by atoms with E-state index in [1.54, 1.807) is 24.3 Å². The fraction of sp³-hybridized carbons (Fsp3) is 0.0476. The Labute approximate surface area is 266 Å². The number of hydrogen-bond donors (Lipinski definition) is 4. The lowest BCUT2D eigenvalue weighted by molar-refractivity contribution is 0.464. The van der Waals surface area contributed by atoms with Crippen molar-refractivity contribution in [3.63, 3.8) is 0 Å². The SMILES string of the molecule is Oc1ccc(Cc2ccc(O)c3ccccc23)c2ccccc12.Oc1ccc2ccccc2c1Cc1c(O)ccc2ccccc12. The van der Waals surface area contributed by atoms with Gasteiger partial charge >= 0.3 is 0 Å². The Hall–Kier alpha value is -6.00. The van der Waals surface area contributed by atoms with Crippen LogP contribution in [-0.2, 0) is 12.8 Å². The second-order valence-electron chi connectivity index (χ2n) is 11.5. The Morgan fingerprint density at radius 2 is 0.630 bits per heavy atom. The van der Waals surface area contributed by atoms with E-state index in [-0.39, 0.29) is 11.5 Å². The van der Waals surface area contributed by atoms with Gasteiger partial charge in [0.05, 0.1) is 0 Å². The second-order valence-corrected chi connectivity index (χ2v) is 11.5. The van der Waals surface area contributed by atoms with Crippen LogP contribution in [-0.4, -0.2) is 20.4 Å². The molecule has 4 N–H and O–H groups in total. The topological polar surface area (TPSA) is 80.9 Å². The molecule has 0 aliphatic carbocycles. The van der Waals surface area contributed by atoms with Crippen LogP contribution < -0.4 is 0 Å². The smallest absolute Gasteiger partial charge is 0.123 e. The van der Waals surface area contributed by atoms with E-state index in [1.807, 2.05) is 121 Å². The number of benzene rings is 8. The van der Waals surface area contributed by atoms with Crippen molar-refractivity contribution in [3.05, 3.63) is 168 Å². The van der Waals surface area contributed by atoms with Crippen LogP contribution in [0.4, 0.5) is 0 Å². The van der Waals surface area contributed by atoms with Crippen molar-refractivity contribution in [3.8, 4) is 23.0 Å². The zero-order chi connectivity index (χ0) is 31.6. The molecule has 4 nitrogen and oxygen atoms in total. The summed E-state index contributed by atoms with van der Waals surface area (Å²) in [5, 5.41) is 48.8. The fourth-order valence-electron chi connectivity index (χ4n) is 6.40. The summed E-state index contributed by atoms with van der Waals surface area (Å²) in [6.45, 7) is 0. The average molecular weight is 601 g/mol.